The minimum Gasteiger partial charge on any atom is -0.396 e. The summed E-state index contributed by atoms with van der Waals surface area (Å²) in [6, 6.07) is 7.94. The third-order valence-electron chi connectivity index (χ3n) is 5.48. The molecule has 4 heterocycles. The van der Waals surface area contributed by atoms with Crippen LogP contribution in [-0.2, 0) is 14.2 Å². The van der Waals surface area contributed by atoms with Crippen LogP contribution < -0.4 is 4.90 Å². The molecule has 0 unspecified atom stereocenters. The molecule has 0 bridgehead atoms. The van der Waals surface area contributed by atoms with Crippen LogP contribution in [0.2, 0.25) is 0 Å². The van der Waals surface area contributed by atoms with Crippen molar-refractivity contribution in [1.82, 2.24) is 19.9 Å². The molecule has 2 N–H and O–H groups in total. The molecule has 0 radical (unpaired) electrons. The van der Waals surface area contributed by atoms with Gasteiger partial charge in [0.2, 0.25) is 12.2 Å². The van der Waals surface area contributed by atoms with Gasteiger partial charge in [0.1, 0.15) is 5.82 Å². The average Bonchev–Trinajstić information content (AvgIpc) is 3.31. The van der Waals surface area contributed by atoms with Gasteiger partial charge in [-0.15, -0.1) is 0 Å². The molecule has 0 amide bonds. The van der Waals surface area contributed by atoms with Crippen LogP contribution in [0.3, 0.4) is 0 Å². The predicted molar refractivity (Wildman–Crippen MR) is 113 cm³/mol. The number of imidazole rings is 1. The highest BCUT2D eigenvalue weighted by Crippen LogP contribution is 2.33. The first-order valence-electron chi connectivity index (χ1n) is 10.6. The van der Waals surface area contributed by atoms with E-state index in [1.54, 1.807) is 24.4 Å². The summed E-state index contributed by atoms with van der Waals surface area (Å²) in [5, 5.41) is 9.31. The van der Waals surface area contributed by atoms with Crippen molar-refractivity contribution in [2.24, 2.45) is 5.92 Å². The molecule has 2 aromatic heterocycles. The minimum atomic E-state index is -0.689. The normalized spacial score (nSPS) is 21.6. The smallest absolute Gasteiger partial charge is 0.226 e. The van der Waals surface area contributed by atoms with Gasteiger partial charge in [-0.2, -0.15) is 0 Å². The Morgan fingerprint density at radius 3 is 2.53 bits per heavy atom. The standard InChI is InChI=1S/C22H24FN5O4/c23-16-3-1-15(2-4-16)18-19(27-20(26-18)21-31-12-14(11-29)13-32-21)17-5-6-24-22(25-17)28-7-9-30-10-8-28/h1-6,14,21,29H,7-13H2,(H,26,27). The second kappa shape index (κ2) is 9.29. The van der Waals surface area contributed by atoms with Gasteiger partial charge in [0, 0.05) is 30.8 Å². The second-order valence-corrected chi connectivity index (χ2v) is 7.74. The molecule has 2 aliphatic rings. The fraction of sp³-hybridized carbons (Fsp3) is 0.409. The van der Waals surface area contributed by atoms with Gasteiger partial charge >= 0.3 is 0 Å². The summed E-state index contributed by atoms with van der Waals surface area (Å²) >= 11 is 0. The minimum absolute atomic E-state index is 0.00219. The number of benzene rings is 1. The van der Waals surface area contributed by atoms with E-state index in [0.717, 1.165) is 18.7 Å². The van der Waals surface area contributed by atoms with Crippen LogP contribution in [0.4, 0.5) is 10.3 Å². The lowest BCUT2D eigenvalue weighted by Crippen LogP contribution is -2.37. The maximum atomic E-state index is 13.5. The number of rotatable bonds is 5. The van der Waals surface area contributed by atoms with Gasteiger partial charge in [-0.3, -0.25) is 0 Å². The molecule has 168 valence electrons. The first-order valence-corrected chi connectivity index (χ1v) is 10.6. The van der Waals surface area contributed by atoms with E-state index in [-0.39, 0.29) is 18.3 Å². The third kappa shape index (κ3) is 4.35. The first kappa shape index (κ1) is 21.0. The van der Waals surface area contributed by atoms with Crippen molar-refractivity contribution in [1.29, 1.82) is 0 Å². The molecular weight excluding hydrogens is 417 g/mol. The van der Waals surface area contributed by atoms with Crippen LogP contribution in [0.1, 0.15) is 12.1 Å². The number of ether oxygens (including phenoxy) is 3. The van der Waals surface area contributed by atoms with Crippen molar-refractivity contribution in [2.45, 2.75) is 6.29 Å². The Morgan fingerprint density at radius 1 is 1.06 bits per heavy atom. The Morgan fingerprint density at radius 2 is 1.81 bits per heavy atom. The lowest BCUT2D eigenvalue weighted by Gasteiger charge is -2.27. The Kier molecular flexibility index (Phi) is 6.08. The van der Waals surface area contributed by atoms with Gasteiger partial charge in [-0.25, -0.2) is 19.3 Å². The van der Waals surface area contributed by atoms with E-state index in [9.17, 15) is 9.50 Å². The van der Waals surface area contributed by atoms with Gasteiger partial charge < -0.3 is 29.2 Å². The first-order chi connectivity index (χ1) is 15.7. The summed E-state index contributed by atoms with van der Waals surface area (Å²) in [6.45, 7) is 3.45. The summed E-state index contributed by atoms with van der Waals surface area (Å²) in [7, 11) is 0. The zero-order valence-electron chi connectivity index (χ0n) is 17.4. The van der Waals surface area contributed by atoms with E-state index in [1.165, 1.54) is 12.1 Å². The number of aromatic nitrogens is 4. The summed E-state index contributed by atoms with van der Waals surface area (Å²) < 4.78 is 30.5. The van der Waals surface area contributed by atoms with Crippen LogP contribution in [0, 0.1) is 11.7 Å². The van der Waals surface area contributed by atoms with Crippen molar-refractivity contribution in [3.8, 4) is 22.6 Å². The van der Waals surface area contributed by atoms with Gasteiger partial charge in [-0.1, -0.05) is 0 Å². The van der Waals surface area contributed by atoms with Crippen molar-refractivity contribution < 1.29 is 23.7 Å². The zero-order valence-corrected chi connectivity index (χ0v) is 17.4. The number of nitrogens with one attached hydrogen (secondary N) is 1. The monoisotopic (exact) mass is 441 g/mol. The maximum Gasteiger partial charge on any atom is 0.226 e. The SMILES string of the molecule is OCC1COC(c2nc(-c3ccc(F)cc3)c(-c3ccnc(N4CCOCC4)n3)[nH]2)OC1. The van der Waals surface area contributed by atoms with E-state index in [1.807, 2.05) is 0 Å². The predicted octanol–water partition coefficient (Wildman–Crippen LogP) is 2.16. The highest BCUT2D eigenvalue weighted by atomic mass is 19.1. The van der Waals surface area contributed by atoms with E-state index in [4.69, 9.17) is 24.2 Å². The maximum absolute atomic E-state index is 13.5. The number of morpholine rings is 1. The number of anilines is 1. The molecular formula is C22H24FN5O4. The van der Waals surface area contributed by atoms with E-state index < -0.39 is 6.29 Å². The fourth-order valence-corrected chi connectivity index (χ4v) is 3.72. The summed E-state index contributed by atoms with van der Waals surface area (Å²) in [4.78, 5) is 19.3. The summed E-state index contributed by atoms with van der Waals surface area (Å²) in [6.07, 6.45) is 1.02. The van der Waals surface area contributed by atoms with E-state index in [0.29, 0.717) is 55.3 Å². The van der Waals surface area contributed by atoms with Crippen molar-refractivity contribution >= 4 is 5.95 Å². The van der Waals surface area contributed by atoms with Crippen molar-refractivity contribution in [2.75, 3.05) is 51.0 Å². The van der Waals surface area contributed by atoms with Gasteiger partial charge in [0.15, 0.2) is 5.82 Å². The molecule has 0 spiro atoms. The van der Waals surface area contributed by atoms with Crippen LogP contribution in [0.25, 0.3) is 22.6 Å². The van der Waals surface area contributed by atoms with Crippen LogP contribution in [0.5, 0.6) is 0 Å². The van der Waals surface area contributed by atoms with Gasteiger partial charge in [0.25, 0.3) is 0 Å². The molecule has 5 rings (SSSR count). The lowest BCUT2D eigenvalue weighted by molar-refractivity contribution is -0.213. The highest BCUT2D eigenvalue weighted by molar-refractivity contribution is 5.77. The number of halogens is 1. The van der Waals surface area contributed by atoms with Gasteiger partial charge in [-0.05, 0) is 30.3 Å². The van der Waals surface area contributed by atoms with Crippen LogP contribution >= 0.6 is 0 Å². The van der Waals surface area contributed by atoms with Crippen molar-refractivity contribution in [3.63, 3.8) is 0 Å². The molecule has 0 saturated carbocycles. The number of hydrogen-bond donors (Lipinski definition) is 2. The molecule has 10 heteroatoms. The Labute approximate surface area is 184 Å². The summed E-state index contributed by atoms with van der Waals surface area (Å²) in [5.41, 5.74) is 2.67. The molecule has 3 aromatic rings. The number of aromatic amines is 1. The molecule has 0 aliphatic carbocycles. The lowest BCUT2D eigenvalue weighted by atomic mass is 10.1. The molecule has 2 saturated heterocycles. The Bertz CT molecular complexity index is 1050. The van der Waals surface area contributed by atoms with Gasteiger partial charge in [0.05, 0.1) is 50.1 Å². The summed E-state index contributed by atoms with van der Waals surface area (Å²) in [5.74, 6) is 0.720. The molecule has 2 aliphatic heterocycles. The second-order valence-electron chi connectivity index (χ2n) is 7.74. The Hall–Kier alpha value is -2.92. The van der Waals surface area contributed by atoms with E-state index >= 15 is 0 Å². The van der Waals surface area contributed by atoms with Crippen LogP contribution in [-0.4, -0.2) is 71.2 Å². The van der Waals surface area contributed by atoms with Crippen molar-refractivity contribution in [3.05, 3.63) is 48.2 Å². The molecule has 1 aromatic carbocycles. The largest absolute Gasteiger partial charge is 0.396 e. The van der Waals surface area contributed by atoms with Crippen LogP contribution in [0.15, 0.2) is 36.5 Å². The number of hydrogen-bond acceptors (Lipinski definition) is 8. The Balaban J connectivity index is 1.51. The average molecular weight is 441 g/mol. The third-order valence-corrected chi connectivity index (χ3v) is 5.48. The zero-order chi connectivity index (χ0) is 21.9. The molecule has 32 heavy (non-hydrogen) atoms. The molecule has 0 atom stereocenters. The fourth-order valence-electron chi connectivity index (χ4n) is 3.72. The number of aliphatic hydroxyl groups is 1. The molecule has 9 nitrogen and oxygen atoms in total. The topological polar surface area (TPSA) is 106 Å². The number of aliphatic hydroxyl groups excluding tert-OH is 1. The highest BCUT2D eigenvalue weighted by Gasteiger charge is 2.28. The number of H-pyrrole nitrogens is 1. The number of nitrogens with zero attached hydrogens (tertiary/aromatic N) is 4. The van der Waals surface area contributed by atoms with E-state index in [2.05, 4.69) is 14.9 Å². The quantitative estimate of drug-likeness (QED) is 0.621. The molecule has 2 fully saturated rings.